The van der Waals surface area contributed by atoms with Crippen LogP contribution >= 0.6 is 11.6 Å². The van der Waals surface area contributed by atoms with Crippen LogP contribution in [-0.4, -0.2) is 42.4 Å². The lowest BCUT2D eigenvalue weighted by molar-refractivity contribution is -0.0210. The number of aliphatic hydroxyl groups is 1. The maximum Gasteiger partial charge on any atom is 0.279 e. The zero-order valence-electron chi connectivity index (χ0n) is 19.6. The van der Waals surface area contributed by atoms with Crippen LogP contribution in [0.3, 0.4) is 0 Å². The van der Waals surface area contributed by atoms with Crippen molar-refractivity contribution in [2.75, 3.05) is 17.8 Å². The van der Waals surface area contributed by atoms with Gasteiger partial charge in [-0.15, -0.1) is 0 Å². The number of likely N-dealkylation sites (tertiary alicyclic amines) is 1. The molecule has 4 aromatic rings. The smallest absolute Gasteiger partial charge is 0.279 e. The molecule has 0 spiro atoms. The number of carbonyl (C=O) groups excluding carboxylic acids is 1. The minimum atomic E-state index is -4.16. The number of nitrogens with one attached hydrogen (secondary N) is 1. The summed E-state index contributed by atoms with van der Waals surface area (Å²) in [5, 5.41) is 12.1. The van der Waals surface area contributed by atoms with Gasteiger partial charge in [-0.1, -0.05) is 48.0 Å². The molecule has 37 heavy (non-hydrogen) atoms. The molecule has 1 fully saturated rings. The van der Waals surface area contributed by atoms with Crippen molar-refractivity contribution in [1.29, 1.82) is 0 Å². The summed E-state index contributed by atoms with van der Waals surface area (Å²) in [6.07, 6.45) is 0.559. The number of piperidine rings is 1. The molecule has 0 saturated carbocycles. The van der Waals surface area contributed by atoms with Gasteiger partial charge in [0.15, 0.2) is 5.03 Å². The van der Waals surface area contributed by atoms with Gasteiger partial charge in [0.2, 0.25) is 0 Å². The second kappa shape index (κ2) is 9.74. The van der Waals surface area contributed by atoms with Crippen LogP contribution in [0.4, 0.5) is 10.1 Å². The first-order valence-electron chi connectivity index (χ1n) is 11.6. The van der Waals surface area contributed by atoms with Crippen molar-refractivity contribution in [2.24, 2.45) is 0 Å². The molecule has 1 saturated heterocycles. The van der Waals surface area contributed by atoms with Crippen molar-refractivity contribution in [3.63, 3.8) is 0 Å². The topological polar surface area (TPSA) is 99.6 Å². The summed E-state index contributed by atoms with van der Waals surface area (Å²) in [6.45, 7) is 0.508. The summed E-state index contributed by atoms with van der Waals surface area (Å²) in [5.41, 5.74) is -0.257. The molecule has 7 nitrogen and oxygen atoms in total. The van der Waals surface area contributed by atoms with Crippen LogP contribution in [0.1, 0.15) is 28.8 Å². The van der Waals surface area contributed by atoms with Crippen LogP contribution in [0.25, 0.3) is 10.9 Å². The van der Waals surface area contributed by atoms with Crippen molar-refractivity contribution in [1.82, 2.24) is 9.88 Å². The molecule has 10 heteroatoms. The van der Waals surface area contributed by atoms with Crippen molar-refractivity contribution < 1.29 is 22.7 Å². The molecular weight excluding hydrogens is 517 g/mol. The number of nitrogens with zero attached hydrogens (tertiary/aromatic N) is 2. The first-order chi connectivity index (χ1) is 17.7. The van der Waals surface area contributed by atoms with Crippen LogP contribution < -0.4 is 4.72 Å². The molecule has 0 atom stereocenters. The van der Waals surface area contributed by atoms with E-state index in [1.807, 2.05) is 6.07 Å². The average Bonchev–Trinajstić information content (AvgIpc) is 2.89. The van der Waals surface area contributed by atoms with E-state index in [1.165, 1.54) is 23.1 Å². The van der Waals surface area contributed by atoms with E-state index in [-0.39, 0.29) is 42.2 Å². The number of pyridine rings is 1. The number of anilines is 1. The standard InChI is InChI=1S/C27H23ClFN3O4S/c28-21-7-3-2-6-20(21)27(34)13-15-32(16-14-27)26(33)19-9-11-24(22(29)17-19)31-37(35,36)25-12-10-18-5-1-4-8-23(18)30-25/h1-12,17,31,34H,13-16H2. The fourth-order valence-electron chi connectivity index (χ4n) is 4.50. The molecule has 1 aromatic heterocycles. The van der Waals surface area contributed by atoms with Gasteiger partial charge in [0.25, 0.3) is 15.9 Å². The molecule has 0 aliphatic carbocycles. The Morgan fingerprint density at radius 2 is 1.70 bits per heavy atom. The Morgan fingerprint density at radius 1 is 1.00 bits per heavy atom. The van der Waals surface area contributed by atoms with Crippen LogP contribution in [0.5, 0.6) is 0 Å². The second-order valence-corrected chi connectivity index (χ2v) is 11.0. The fraction of sp³-hybridized carbons (Fsp3) is 0.185. The van der Waals surface area contributed by atoms with Gasteiger partial charge < -0.3 is 10.0 Å². The first kappa shape index (κ1) is 25.1. The minimum Gasteiger partial charge on any atom is -0.385 e. The van der Waals surface area contributed by atoms with Gasteiger partial charge in [0, 0.05) is 34.6 Å². The Bertz CT molecular complexity index is 1600. The lowest BCUT2D eigenvalue weighted by atomic mass is 9.84. The summed E-state index contributed by atoms with van der Waals surface area (Å²) in [5.74, 6) is -1.30. The summed E-state index contributed by atoms with van der Waals surface area (Å²) < 4.78 is 42.7. The summed E-state index contributed by atoms with van der Waals surface area (Å²) in [6, 6.07) is 20.7. The van der Waals surface area contributed by atoms with Gasteiger partial charge in [-0.05, 0) is 55.3 Å². The molecule has 3 aromatic carbocycles. The summed E-state index contributed by atoms with van der Waals surface area (Å²) >= 11 is 6.25. The Morgan fingerprint density at radius 3 is 2.43 bits per heavy atom. The van der Waals surface area contributed by atoms with Gasteiger partial charge >= 0.3 is 0 Å². The van der Waals surface area contributed by atoms with Gasteiger partial charge in [0.05, 0.1) is 16.8 Å². The Kier molecular flexibility index (Phi) is 6.61. The monoisotopic (exact) mass is 539 g/mol. The van der Waals surface area contributed by atoms with E-state index in [0.29, 0.717) is 16.1 Å². The van der Waals surface area contributed by atoms with Crippen LogP contribution in [-0.2, 0) is 15.6 Å². The highest BCUT2D eigenvalue weighted by atomic mass is 35.5. The highest BCUT2D eigenvalue weighted by Gasteiger charge is 2.37. The van der Waals surface area contributed by atoms with Gasteiger partial charge in [-0.25, -0.2) is 9.37 Å². The molecule has 190 valence electrons. The number of sulfonamides is 1. The normalized spacial score (nSPS) is 15.5. The number of fused-ring (bicyclic) bond motifs is 1. The molecule has 1 aliphatic heterocycles. The quantitative estimate of drug-likeness (QED) is 0.374. The number of halogens is 2. The van der Waals surface area contributed by atoms with E-state index in [4.69, 9.17) is 11.6 Å². The van der Waals surface area contributed by atoms with E-state index in [2.05, 4.69) is 9.71 Å². The van der Waals surface area contributed by atoms with Crippen molar-refractivity contribution >= 4 is 44.1 Å². The number of hydrogen-bond acceptors (Lipinski definition) is 5. The highest BCUT2D eigenvalue weighted by molar-refractivity contribution is 7.92. The minimum absolute atomic E-state index is 0.0764. The molecular formula is C27H23ClFN3O4S. The molecule has 5 rings (SSSR count). The van der Waals surface area contributed by atoms with E-state index in [0.717, 1.165) is 11.5 Å². The third-order valence-corrected chi connectivity index (χ3v) is 8.16. The van der Waals surface area contributed by atoms with Crippen LogP contribution in [0.2, 0.25) is 5.02 Å². The number of aromatic nitrogens is 1. The molecule has 1 amide bonds. The molecule has 0 unspecified atom stereocenters. The van der Waals surface area contributed by atoms with E-state index < -0.39 is 27.3 Å². The average molecular weight is 540 g/mol. The second-order valence-electron chi connectivity index (χ2n) is 8.95. The number of para-hydroxylation sites is 1. The fourth-order valence-corrected chi connectivity index (χ4v) is 5.83. The number of amides is 1. The van der Waals surface area contributed by atoms with Crippen molar-refractivity contribution in [2.45, 2.75) is 23.5 Å². The zero-order valence-corrected chi connectivity index (χ0v) is 21.1. The van der Waals surface area contributed by atoms with Gasteiger partial charge in [0.1, 0.15) is 5.82 Å². The van der Waals surface area contributed by atoms with Crippen molar-refractivity contribution in [3.8, 4) is 0 Å². The summed E-state index contributed by atoms with van der Waals surface area (Å²) in [4.78, 5) is 18.7. The molecule has 0 bridgehead atoms. The van der Waals surface area contributed by atoms with Gasteiger partial charge in [-0.2, -0.15) is 8.42 Å². The number of carbonyl (C=O) groups is 1. The maximum atomic E-state index is 14.9. The molecule has 1 aliphatic rings. The van der Waals surface area contributed by atoms with Crippen LogP contribution in [0, 0.1) is 5.82 Å². The highest BCUT2D eigenvalue weighted by Crippen LogP contribution is 2.37. The van der Waals surface area contributed by atoms with Crippen LogP contribution in [0.15, 0.2) is 83.9 Å². The lowest BCUT2D eigenvalue weighted by Gasteiger charge is -2.39. The molecule has 2 heterocycles. The summed E-state index contributed by atoms with van der Waals surface area (Å²) in [7, 11) is -4.16. The van der Waals surface area contributed by atoms with Gasteiger partial charge in [-0.3, -0.25) is 9.52 Å². The number of rotatable bonds is 5. The van der Waals surface area contributed by atoms with E-state index in [1.54, 1.807) is 48.5 Å². The first-order valence-corrected chi connectivity index (χ1v) is 13.5. The van der Waals surface area contributed by atoms with E-state index in [9.17, 15) is 22.7 Å². The largest absolute Gasteiger partial charge is 0.385 e. The predicted octanol–water partition coefficient (Wildman–Crippen LogP) is 4.95. The van der Waals surface area contributed by atoms with Crippen molar-refractivity contribution in [3.05, 3.63) is 101 Å². The Labute approximate surface area is 218 Å². The maximum absolute atomic E-state index is 14.9. The Hall–Kier alpha value is -3.53. The zero-order chi connectivity index (χ0) is 26.2. The predicted molar refractivity (Wildman–Crippen MR) is 139 cm³/mol. The van der Waals surface area contributed by atoms with E-state index >= 15 is 0 Å². The third kappa shape index (κ3) is 5.02. The molecule has 0 radical (unpaired) electrons. The molecule has 2 N–H and O–H groups in total. The SMILES string of the molecule is O=C(c1ccc(NS(=O)(=O)c2ccc3ccccc3n2)c(F)c1)N1CCC(O)(c2ccccc2Cl)CC1. The lowest BCUT2D eigenvalue weighted by Crippen LogP contribution is -2.45. The third-order valence-electron chi connectivity index (χ3n) is 6.56. The number of hydrogen-bond donors (Lipinski definition) is 2. The Balaban J connectivity index is 1.29. The number of benzene rings is 3.